The maximum absolute atomic E-state index is 11.8. The van der Waals surface area contributed by atoms with Crippen LogP contribution in [0.5, 0.6) is 0 Å². The first kappa shape index (κ1) is 13.2. The standard InChI is InChI=1S/C14H14N4O3/c1-17-13(19)7-18(8-14(17)20)10-4-2-3-9(5-10)11-6-12(15)16-21-11/h2-6H,7-8H2,1H3,(H2,15,16). The van der Waals surface area contributed by atoms with Crippen molar-refractivity contribution in [3.63, 3.8) is 0 Å². The number of aromatic nitrogens is 1. The molecule has 21 heavy (non-hydrogen) atoms. The molecule has 1 saturated heterocycles. The third-order valence-electron chi connectivity index (χ3n) is 3.42. The smallest absolute Gasteiger partial charge is 0.248 e. The molecule has 0 aliphatic carbocycles. The fraction of sp³-hybridized carbons (Fsp3) is 0.214. The molecule has 2 amide bonds. The number of carbonyl (C=O) groups excluding carboxylic acids is 2. The van der Waals surface area contributed by atoms with E-state index in [2.05, 4.69) is 5.16 Å². The molecule has 1 aliphatic rings. The Morgan fingerprint density at radius 1 is 1.19 bits per heavy atom. The van der Waals surface area contributed by atoms with Crippen molar-refractivity contribution in [2.45, 2.75) is 0 Å². The largest absolute Gasteiger partial charge is 0.381 e. The van der Waals surface area contributed by atoms with E-state index in [0.717, 1.165) is 16.2 Å². The zero-order chi connectivity index (χ0) is 15.0. The minimum Gasteiger partial charge on any atom is -0.381 e. The molecule has 1 fully saturated rings. The summed E-state index contributed by atoms with van der Waals surface area (Å²) in [6.45, 7) is 0.342. The lowest BCUT2D eigenvalue weighted by molar-refractivity contribution is -0.143. The Morgan fingerprint density at radius 2 is 1.90 bits per heavy atom. The summed E-state index contributed by atoms with van der Waals surface area (Å²) in [5.41, 5.74) is 7.10. The molecular weight excluding hydrogens is 272 g/mol. The number of imide groups is 1. The maximum atomic E-state index is 11.8. The molecule has 1 aromatic heterocycles. The monoisotopic (exact) mass is 286 g/mol. The lowest BCUT2D eigenvalue weighted by Gasteiger charge is -2.32. The molecule has 108 valence electrons. The van der Waals surface area contributed by atoms with Gasteiger partial charge in [0.15, 0.2) is 11.6 Å². The summed E-state index contributed by atoms with van der Waals surface area (Å²) in [7, 11) is 1.50. The van der Waals surface area contributed by atoms with E-state index in [1.807, 2.05) is 24.3 Å². The second kappa shape index (κ2) is 4.93. The highest BCUT2D eigenvalue weighted by atomic mass is 16.5. The quantitative estimate of drug-likeness (QED) is 0.818. The average molecular weight is 286 g/mol. The fourth-order valence-corrected chi connectivity index (χ4v) is 2.20. The number of hydrogen-bond acceptors (Lipinski definition) is 6. The van der Waals surface area contributed by atoms with Gasteiger partial charge in [-0.05, 0) is 12.1 Å². The third kappa shape index (κ3) is 2.45. The highest BCUT2D eigenvalue weighted by Gasteiger charge is 2.28. The van der Waals surface area contributed by atoms with E-state index >= 15 is 0 Å². The van der Waals surface area contributed by atoms with Gasteiger partial charge in [0.25, 0.3) is 0 Å². The Hall–Kier alpha value is -2.83. The van der Waals surface area contributed by atoms with Gasteiger partial charge in [-0.15, -0.1) is 0 Å². The van der Waals surface area contributed by atoms with Gasteiger partial charge >= 0.3 is 0 Å². The predicted octanol–water partition coefficient (Wildman–Crippen LogP) is 0.729. The Bertz CT molecular complexity index is 692. The molecule has 0 saturated carbocycles. The van der Waals surface area contributed by atoms with Crippen molar-refractivity contribution in [2.75, 3.05) is 30.8 Å². The number of anilines is 2. The van der Waals surface area contributed by atoms with Gasteiger partial charge in [0.05, 0.1) is 13.1 Å². The van der Waals surface area contributed by atoms with Gasteiger partial charge in [0, 0.05) is 24.4 Å². The van der Waals surface area contributed by atoms with Gasteiger partial charge in [-0.3, -0.25) is 14.5 Å². The van der Waals surface area contributed by atoms with Crippen molar-refractivity contribution < 1.29 is 14.1 Å². The number of amides is 2. The van der Waals surface area contributed by atoms with Crippen LogP contribution in [0.4, 0.5) is 11.5 Å². The molecule has 0 atom stereocenters. The van der Waals surface area contributed by atoms with Crippen LogP contribution in [0.2, 0.25) is 0 Å². The van der Waals surface area contributed by atoms with Gasteiger partial charge in [0.1, 0.15) is 0 Å². The van der Waals surface area contributed by atoms with Crippen LogP contribution in [0.15, 0.2) is 34.9 Å². The lowest BCUT2D eigenvalue weighted by Crippen LogP contribution is -2.52. The molecule has 2 N–H and O–H groups in total. The first-order valence-corrected chi connectivity index (χ1v) is 6.41. The Morgan fingerprint density at radius 3 is 2.52 bits per heavy atom. The maximum Gasteiger partial charge on any atom is 0.248 e. The number of likely N-dealkylation sites (N-methyl/N-ethyl adjacent to an activating group) is 1. The molecule has 0 radical (unpaired) electrons. The van der Waals surface area contributed by atoms with Crippen molar-refractivity contribution in [3.05, 3.63) is 30.3 Å². The molecule has 0 unspecified atom stereocenters. The molecular formula is C14H14N4O3. The van der Waals surface area contributed by atoms with E-state index in [0.29, 0.717) is 11.6 Å². The van der Waals surface area contributed by atoms with Gasteiger partial charge in [-0.2, -0.15) is 0 Å². The van der Waals surface area contributed by atoms with Crippen LogP contribution in [-0.2, 0) is 9.59 Å². The molecule has 1 aliphatic heterocycles. The molecule has 2 heterocycles. The molecule has 2 aromatic rings. The summed E-state index contributed by atoms with van der Waals surface area (Å²) in [6.07, 6.45) is 0. The number of nitrogens with two attached hydrogens (primary N) is 1. The number of nitrogens with zero attached hydrogens (tertiary/aromatic N) is 3. The van der Waals surface area contributed by atoms with Crippen molar-refractivity contribution in [1.82, 2.24) is 10.1 Å². The fourth-order valence-electron chi connectivity index (χ4n) is 2.20. The van der Waals surface area contributed by atoms with Crippen molar-refractivity contribution >= 4 is 23.3 Å². The molecule has 7 heteroatoms. The van der Waals surface area contributed by atoms with E-state index in [1.54, 1.807) is 11.0 Å². The van der Waals surface area contributed by atoms with Crippen molar-refractivity contribution in [1.29, 1.82) is 0 Å². The Balaban J connectivity index is 1.90. The summed E-state index contributed by atoms with van der Waals surface area (Å²) in [4.78, 5) is 26.4. The zero-order valence-electron chi connectivity index (χ0n) is 11.4. The topological polar surface area (TPSA) is 92.7 Å². The highest BCUT2D eigenvalue weighted by molar-refractivity contribution is 6.02. The SMILES string of the molecule is CN1C(=O)CN(c2cccc(-c3cc(N)no3)c2)CC1=O. The van der Waals surface area contributed by atoms with Crippen LogP contribution in [0, 0.1) is 0 Å². The molecule has 3 rings (SSSR count). The lowest BCUT2D eigenvalue weighted by atomic mass is 10.1. The average Bonchev–Trinajstić information content (AvgIpc) is 2.91. The number of rotatable bonds is 2. The van der Waals surface area contributed by atoms with E-state index in [9.17, 15) is 9.59 Å². The highest BCUT2D eigenvalue weighted by Crippen LogP contribution is 2.26. The van der Waals surface area contributed by atoms with Crippen molar-refractivity contribution in [2.24, 2.45) is 0 Å². The second-order valence-electron chi connectivity index (χ2n) is 4.87. The first-order valence-electron chi connectivity index (χ1n) is 6.41. The van der Waals surface area contributed by atoms with Crippen molar-refractivity contribution in [3.8, 4) is 11.3 Å². The Kier molecular flexibility index (Phi) is 3.09. The van der Waals surface area contributed by atoms with Crippen LogP contribution < -0.4 is 10.6 Å². The molecule has 1 aromatic carbocycles. The van der Waals surface area contributed by atoms with Gasteiger partial charge in [-0.1, -0.05) is 17.3 Å². The minimum absolute atomic E-state index is 0.171. The summed E-state index contributed by atoms with van der Waals surface area (Å²) in [5.74, 6) is 0.405. The third-order valence-corrected chi connectivity index (χ3v) is 3.42. The number of nitrogen functional groups attached to an aromatic ring is 1. The molecule has 0 spiro atoms. The summed E-state index contributed by atoms with van der Waals surface area (Å²) >= 11 is 0. The minimum atomic E-state index is -0.222. The predicted molar refractivity (Wildman–Crippen MR) is 76.3 cm³/mol. The van der Waals surface area contributed by atoms with Gasteiger partial charge < -0.3 is 15.2 Å². The van der Waals surface area contributed by atoms with Crippen LogP contribution in [0.25, 0.3) is 11.3 Å². The normalized spacial score (nSPS) is 15.7. The van der Waals surface area contributed by atoms with Gasteiger partial charge in [-0.25, -0.2) is 0 Å². The summed E-state index contributed by atoms with van der Waals surface area (Å²) in [5, 5.41) is 3.64. The number of hydrogen-bond donors (Lipinski definition) is 1. The molecule has 0 bridgehead atoms. The van der Waals surface area contributed by atoms with E-state index < -0.39 is 0 Å². The van der Waals surface area contributed by atoms with Crippen LogP contribution in [-0.4, -0.2) is 42.0 Å². The summed E-state index contributed by atoms with van der Waals surface area (Å²) in [6, 6.07) is 8.99. The second-order valence-corrected chi connectivity index (χ2v) is 4.87. The van der Waals surface area contributed by atoms with E-state index in [-0.39, 0.29) is 24.9 Å². The van der Waals surface area contributed by atoms with Crippen LogP contribution >= 0.6 is 0 Å². The number of carbonyl (C=O) groups is 2. The summed E-state index contributed by atoms with van der Waals surface area (Å²) < 4.78 is 5.12. The molecule has 7 nitrogen and oxygen atoms in total. The van der Waals surface area contributed by atoms with E-state index in [1.165, 1.54) is 7.05 Å². The zero-order valence-corrected chi connectivity index (χ0v) is 11.4. The van der Waals surface area contributed by atoms with E-state index in [4.69, 9.17) is 10.3 Å². The number of benzene rings is 1. The van der Waals surface area contributed by atoms with Crippen LogP contribution in [0.3, 0.4) is 0 Å². The van der Waals surface area contributed by atoms with Crippen LogP contribution in [0.1, 0.15) is 0 Å². The van der Waals surface area contributed by atoms with Gasteiger partial charge in [0.2, 0.25) is 11.8 Å². The first-order chi connectivity index (χ1) is 10.0. The number of piperazine rings is 1. The Labute approximate surface area is 120 Å².